The quantitative estimate of drug-likeness (QED) is 0.361. The van der Waals surface area contributed by atoms with E-state index in [1.54, 1.807) is 55.6 Å². The number of halogens is 1. The number of carbonyl (C=O) groups excluding carboxylic acids is 1. The highest BCUT2D eigenvalue weighted by Gasteiger charge is 2.28. The van der Waals surface area contributed by atoms with Gasteiger partial charge in [0.15, 0.2) is 0 Å². The number of nitrogens with one attached hydrogen (secondary N) is 1. The van der Waals surface area contributed by atoms with Crippen LogP contribution in [-0.2, 0) is 14.8 Å². The summed E-state index contributed by atoms with van der Waals surface area (Å²) in [6, 6.07) is 16.6. The van der Waals surface area contributed by atoms with Crippen molar-refractivity contribution >= 4 is 33.2 Å². The van der Waals surface area contributed by atoms with E-state index in [2.05, 4.69) is 19.2 Å². The van der Waals surface area contributed by atoms with Gasteiger partial charge in [0.2, 0.25) is 5.91 Å². The molecular weight excluding hydrogens is 496 g/mol. The lowest BCUT2D eigenvalue weighted by Gasteiger charge is -2.26. The number of amides is 1. The molecule has 1 N–H and O–H groups in total. The summed E-state index contributed by atoms with van der Waals surface area (Å²) >= 11 is 6.02. The van der Waals surface area contributed by atoms with Gasteiger partial charge in [0.25, 0.3) is 10.0 Å². The third-order valence-electron chi connectivity index (χ3n) is 6.10. The highest BCUT2D eigenvalue weighted by atomic mass is 35.5. The fourth-order valence-electron chi connectivity index (χ4n) is 4.07. The van der Waals surface area contributed by atoms with Gasteiger partial charge in [-0.05, 0) is 91.9 Å². The number of hydrogen-bond acceptors (Lipinski definition) is 4. The first-order valence-corrected chi connectivity index (χ1v) is 13.6. The Morgan fingerprint density at radius 2 is 1.58 bits per heavy atom. The number of anilines is 1. The van der Waals surface area contributed by atoms with Gasteiger partial charge in [-0.15, -0.1) is 0 Å². The fraction of sp³-hybridized carbons (Fsp3) is 0.321. The summed E-state index contributed by atoms with van der Waals surface area (Å²) in [6.07, 6.45) is 0. The topological polar surface area (TPSA) is 75.7 Å². The first-order chi connectivity index (χ1) is 16.9. The summed E-state index contributed by atoms with van der Waals surface area (Å²) < 4.78 is 33.8. The molecule has 3 rings (SSSR count). The molecule has 0 saturated carbocycles. The van der Waals surface area contributed by atoms with E-state index in [0.717, 1.165) is 32.3 Å². The van der Waals surface area contributed by atoms with Crippen molar-refractivity contribution in [3.8, 4) is 5.75 Å². The van der Waals surface area contributed by atoms with Crippen LogP contribution in [0.15, 0.2) is 65.6 Å². The molecular formula is C28H33ClN2O4S. The average molecular weight is 529 g/mol. The van der Waals surface area contributed by atoms with Gasteiger partial charge >= 0.3 is 0 Å². The third kappa shape index (κ3) is 6.20. The van der Waals surface area contributed by atoms with Crippen LogP contribution in [0.3, 0.4) is 0 Å². The van der Waals surface area contributed by atoms with Gasteiger partial charge in [0, 0.05) is 5.02 Å². The van der Waals surface area contributed by atoms with E-state index in [-0.39, 0.29) is 23.4 Å². The van der Waals surface area contributed by atoms with Crippen molar-refractivity contribution in [3.63, 3.8) is 0 Å². The Bertz CT molecular complexity index is 1320. The number of sulfonamides is 1. The minimum absolute atomic E-state index is 0.108. The van der Waals surface area contributed by atoms with Gasteiger partial charge in [-0.1, -0.05) is 43.1 Å². The molecule has 0 aliphatic heterocycles. The number of hydrogen-bond donors (Lipinski definition) is 1. The average Bonchev–Trinajstić information content (AvgIpc) is 2.82. The molecule has 0 radical (unpaired) electrons. The normalized spacial score (nSPS) is 12.3. The Morgan fingerprint density at radius 3 is 2.14 bits per heavy atom. The SMILES string of the molecule is COc1cc(C)c([C@H](C)NC(=O)CN(c2ccc(Cl)cc2)S(=O)(=O)c2ccc(C)cc2)cc1C(C)C. The zero-order valence-corrected chi connectivity index (χ0v) is 23.1. The number of rotatable bonds is 9. The Hall–Kier alpha value is -3.03. The maximum absolute atomic E-state index is 13.6. The van der Waals surface area contributed by atoms with Crippen molar-refractivity contribution in [2.24, 2.45) is 0 Å². The molecule has 0 heterocycles. The van der Waals surface area contributed by atoms with Gasteiger partial charge in [-0.3, -0.25) is 9.10 Å². The molecule has 1 amide bonds. The minimum atomic E-state index is -4.00. The van der Waals surface area contributed by atoms with E-state index in [0.29, 0.717) is 10.7 Å². The van der Waals surface area contributed by atoms with Crippen LogP contribution in [0.5, 0.6) is 5.75 Å². The van der Waals surface area contributed by atoms with E-state index >= 15 is 0 Å². The molecule has 0 aromatic heterocycles. The highest BCUT2D eigenvalue weighted by molar-refractivity contribution is 7.92. The van der Waals surface area contributed by atoms with E-state index in [1.807, 2.05) is 32.9 Å². The van der Waals surface area contributed by atoms with Crippen molar-refractivity contribution in [2.45, 2.75) is 51.5 Å². The van der Waals surface area contributed by atoms with Crippen LogP contribution in [0, 0.1) is 13.8 Å². The van der Waals surface area contributed by atoms with E-state index in [1.165, 1.54) is 0 Å². The zero-order chi connectivity index (χ0) is 26.6. The Morgan fingerprint density at radius 1 is 0.972 bits per heavy atom. The second kappa shape index (κ2) is 11.4. The number of methoxy groups -OCH3 is 1. The lowest BCUT2D eigenvalue weighted by atomic mass is 9.93. The second-order valence-electron chi connectivity index (χ2n) is 9.20. The Kier molecular flexibility index (Phi) is 8.69. The summed E-state index contributed by atoms with van der Waals surface area (Å²) in [5.41, 5.74) is 4.27. The van der Waals surface area contributed by atoms with Crippen molar-refractivity contribution in [1.29, 1.82) is 0 Å². The molecule has 36 heavy (non-hydrogen) atoms. The first kappa shape index (κ1) is 27.6. The van der Waals surface area contributed by atoms with E-state index in [4.69, 9.17) is 16.3 Å². The summed E-state index contributed by atoms with van der Waals surface area (Å²) in [5, 5.41) is 3.45. The van der Waals surface area contributed by atoms with Crippen molar-refractivity contribution in [2.75, 3.05) is 18.0 Å². The maximum atomic E-state index is 13.6. The van der Waals surface area contributed by atoms with E-state index < -0.39 is 15.9 Å². The van der Waals surface area contributed by atoms with Crippen LogP contribution in [0.25, 0.3) is 0 Å². The van der Waals surface area contributed by atoms with Gasteiger partial charge < -0.3 is 10.1 Å². The summed E-state index contributed by atoms with van der Waals surface area (Å²) in [7, 11) is -2.36. The summed E-state index contributed by atoms with van der Waals surface area (Å²) in [4.78, 5) is 13.3. The molecule has 192 valence electrons. The number of nitrogens with zero attached hydrogens (tertiary/aromatic N) is 1. The van der Waals surface area contributed by atoms with Crippen LogP contribution < -0.4 is 14.4 Å². The fourth-order valence-corrected chi connectivity index (χ4v) is 5.61. The Balaban J connectivity index is 1.91. The number of benzene rings is 3. The summed E-state index contributed by atoms with van der Waals surface area (Å²) in [6.45, 7) is 9.52. The zero-order valence-electron chi connectivity index (χ0n) is 21.5. The molecule has 6 nitrogen and oxygen atoms in total. The highest BCUT2D eigenvalue weighted by Crippen LogP contribution is 2.32. The third-order valence-corrected chi connectivity index (χ3v) is 8.14. The number of aryl methyl sites for hydroxylation is 2. The molecule has 0 fully saturated rings. The minimum Gasteiger partial charge on any atom is -0.496 e. The van der Waals surface area contributed by atoms with Gasteiger partial charge in [-0.25, -0.2) is 8.42 Å². The van der Waals surface area contributed by atoms with Crippen LogP contribution in [0.4, 0.5) is 5.69 Å². The molecule has 1 atom stereocenters. The molecule has 0 saturated heterocycles. The second-order valence-corrected chi connectivity index (χ2v) is 11.5. The lowest BCUT2D eigenvalue weighted by Crippen LogP contribution is -2.41. The molecule has 0 spiro atoms. The van der Waals surface area contributed by atoms with Crippen molar-refractivity contribution in [3.05, 3.63) is 87.9 Å². The smallest absolute Gasteiger partial charge is 0.264 e. The van der Waals surface area contributed by atoms with Crippen LogP contribution in [0.1, 0.15) is 55.0 Å². The van der Waals surface area contributed by atoms with E-state index in [9.17, 15) is 13.2 Å². The number of carbonyl (C=O) groups is 1. The van der Waals surface area contributed by atoms with Crippen LogP contribution in [-0.4, -0.2) is 28.0 Å². The van der Waals surface area contributed by atoms with Crippen molar-refractivity contribution < 1.29 is 17.9 Å². The maximum Gasteiger partial charge on any atom is 0.264 e. The number of ether oxygens (including phenoxy) is 1. The molecule has 3 aromatic rings. The monoisotopic (exact) mass is 528 g/mol. The molecule has 0 aliphatic carbocycles. The van der Waals surface area contributed by atoms with Gasteiger partial charge in [0.1, 0.15) is 12.3 Å². The van der Waals surface area contributed by atoms with Crippen LogP contribution in [0.2, 0.25) is 5.02 Å². The molecule has 0 aliphatic rings. The van der Waals surface area contributed by atoms with Crippen molar-refractivity contribution in [1.82, 2.24) is 5.32 Å². The molecule has 0 unspecified atom stereocenters. The largest absolute Gasteiger partial charge is 0.496 e. The van der Waals surface area contributed by atoms with Crippen LogP contribution >= 0.6 is 11.6 Å². The molecule has 0 bridgehead atoms. The standard InChI is InChI=1S/C28H33ClN2O4S/c1-18(2)25-16-26(20(4)15-27(25)35-6)21(5)30-28(32)17-31(23-11-9-22(29)10-12-23)36(33,34)24-13-7-19(3)8-14-24/h7-16,18,21H,17H2,1-6H3,(H,30,32)/t21-/m0/s1. The summed E-state index contributed by atoms with van der Waals surface area (Å²) in [5.74, 6) is 0.625. The predicted molar refractivity (Wildman–Crippen MR) is 146 cm³/mol. The lowest BCUT2D eigenvalue weighted by molar-refractivity contribution is -0.120. The Labute approximate surface area is 219 Å². The van der Waals surface area contributed by atoms with Gasteiger partial charge in [0.05, 0.1) is 23.7 Å². The first-order valence-electron chi connectivity index (χ1n) is 11.8. The molecule has 8 heteroatoms. The predicted octanol–water partition coefficient (Wildman–Crippen LogP) is 6.16. The molecule has 3 aromatic carbocycles. The van der Waals surface area contributed by atoms with Gasteiger partial charge in [-0.2, -0.15) is 0 Å².